The average molecular weight is 414 g/mol. The van der Waals surface area contributed by atoms with E-state index in [1.165, 1.54) is 4.31 Å². The summed E-state index contributed by atoms with van der Waals surface area (Å²) < 4.78 is 27.9. The van der Waals surface area contributed by atoms with Gasteiger partial charge in [-0.1, -0.05) is 31.0 Å². The number of rotatable bonds is 3. The topological polar surface area (TPSA) is 69.7 Å². The quantitative estimate of drug-likeness (QED) is 0.818. The van der Waals surface area contributed by atoms with Gasteiger partial charge in [0, 0.05) is 25.3 Å². The number of nitrogens with one attached hydrogen (secondary N) is 1. The van der Waals surface area contributed by atoms with E-state index in [9.17, 15) is 13.2 Å². The molecule has 6 nitrogen and oxygen atoms in total. The highest BCUT2D eigenvalue weighted by atomic mass is 32.2. The number of carbonyl (C=O) groups is 1. The Kier molecular flexibility index (Phi) is 5.76. The summed E-state index contributed by atoms with van der Waals surface area (Å²) in [6.07, 6.45) is 6.08. The van der Waals surface area contributed by atoms with E-state index in [4.69, 9.17) is 0 Å². The van der Waals surface area contributed by atoms with E-state index in [0.717, 1.165) is 62.9 Å². The van der Waals surface area contributed by atoms with E-state index >= 15 is 0 Å². The lowest BCUT2D eigenvalue weighted by Crippen LogP contribution is -2.36. The molecule has 7 heteroatoms. The third-order valence-corrected chi connectivity index (χ3v) is 7.48. The first kappa shape index (κ1) is 19.8. The van der Waals surface area contributed by atoms with Gasteiger partial charge in [0.2, 0.25) is 0 Å². The SMILES string of the molecule is O=C(Nc1ccc(S(=O)(=O)N2CCCc3ccccc32)cc1)N1CCCCCC1. The van der Waals surface area contributed by atoms with E-state index in [1.54, 1.807) is 24.3 Å². The number of amides is 2. The highest BCUT2D eigenvalue weighted by Gasteiger charge is 2.28. The number of hydrogen-bond acceptors (Lipinski definition) is 3. The summed E-state index contributed by atoms with van der Waals surface area (Å²) in [4.78, 5) is 14.5. The van der Waals surface area contributed by atoms with Gasteiger partial charge in [-0.2, -0.15) is 0 Å². The smallest absolute Gasteiger partial charge is 0.321 e. The molecule has 0 saturated carbocycles. The lowest BCUT2D eigenvalue weighted by Gasteiger charge is -2.30. The summed E-state index contributed by atoms with van der Waals surface area (Å²) in [5, 5.41) is 2.89. The van der Waals surface area contributed by atoms with Crippen LogP contribution in [-0.2, 0) is 16.4 Å². The fourth-order valence-corrected chi connectivity index (χ4v) is 5.60. The molecular formula is C22H27N3O3S. The molecule has 1 N–H and O–H groups in total. The fourth-order valence-electron chi connectivity index (χ4n) is 4.06. The molecular weight excluding hydrogens is 386 g/mol. The molecule has 0 atom stereocenters. The summed E-state index contributed by atoms with van der Waals surface area (Å²) in [7, 11) is -3.64. The Morgan fingerprint density at radius 2 is 1.52 bits per heavy atom. The molecule has 0 aliphatic carbocycles. The Labute approximate surface area is 172 Å². The Bertz CT molecular complexity index is 965. The van der Waals surface area contributed by atoms with E-state index in [-0.39, 0.29) is 10.9 Å². The second-order valence-electron chi connectivity index (χ2n) is 7.67. The van der Waals surface area contributed by atoms with E-state index < -0.39 is 10.0 Å². The predicted octanol–water partition coefficient (Wildman–Crippen LogP) is 4.24. The van der Waals surface area contributed by atoms with Crippen molar-refractivity contribution in [2.24, 2.45) is 0 Å². The molecule has 0 bridgehead atoms. The first-order chi connectivity index (χ1) is 14.1. The van der Waals surface area contributed by atoms with Crippen molar-refractivity contribution >= 4 is 27.4 Å². The minimum absolute atomic E-state index is 0.118. The van der Waals surface area contributed by atoms with Crippen molar-refractivity contribution in [1.82, 2.24) is 4.90 Å². The summed E-state index contributed by atoms with van der Waals surface area (Å²) in [6.45, 7) is 2.02. The van der Waals surface area contributed by atoms with E-state index in [1.807, 2.05) is 29.2 Å². The summed E-state index contributed by atoms with van der Waals surface area (Å²) in [5.41, 5.74) is 2.43. The van der Waals surface area contributed by atoms with Crippen molar-refractivity contribution < 1.29 is 13.2 Å². The molecule has 2 aromatic carbocycles. The van der Waals surface area contributed by atoms with Crippen LogP contribution in [-0.4, -0.2) is 39.0 Å². The molecule has 0 unspecified atom stereocenters. The number of aryl methyl sites for hydroxylation is 1. The van der Waals surface area contributed by atoms with Crippen molar-refractivity contribution in [1.29, 1.82) is 0 Å². The average Bonchev–Trinajstić information content (AvgIpc) is 3.03. The first-order valence-corrected chi connectivity index (χ1v) is 11.8. The van der Waals surface area contributed by atoms with Crippen molar-refractivity contribution in [2.75, 3.05) is 29.3 Å². The van der Waals surface area contributed by atoms with Crippen LogP contribution >= 0.6 is 0 Å². The summed E-state index contributed by atoms with van der Waals surface area (Å²) in [5.74, 6) is 0. The molecule has 2 aliphatic rings. The molecule has 2 heterocycles. The standard InChI is InChI=1S/C22H27N3O3S/c26-22(24-15-5-1-2-6-16-24)23-19-11-13-20(14-12-19)29(27,28)25-17-7-9-18-8-3-4-10-21(18)25/h3-4,8,10-14H,1-2,5-7,9,15-17H2,(H,23,26). The van der Waals surface area contributed by atoms with E-state index in [2.05, 4.69) is 5.32 Å². The summed E-state index contributed by atoms with van der Waals surface area (Å²) in [6, 6.07) is 14.0. The third kappa shape index (κ3) is 4.24. The van der Waals surface area contributed by atoms with Crippen molar-refractivity contribution in [3.63, 3.8) is 0 Å². The van der Waals surface area contributed by atoms with Gasteiger partial charge >= 0.3 is 6.03 Å². The molecule has 2 amide bonds. The Hall–Kier alpha value is -2.54. The molecule has 0 aromatic heterocycles. The van der Waals surface area contributed by atoms with E-state index in [0.29, 0.717) is 12.2 Å². The molecule has 29 heavy (non-hydrogen) atoms. The van der Waals surface area contributed by atoms with Gasteiger partial charge in [0.15, 0.2) is 0 Å². The van der Waals surface area contributed by atoms with Gasteiger partial charge in [0.05, 0.1) is 10.6 Å². The number of para-hydroxylation sites is 1. The summed E-state index contributed by atoms with van der Waals surface area (Å²) >= 11 is 0. The Balaban J connectivity index is 1.49. The second-order valence-corrected chi connectivity index (χ2v) is 9.53. The Morgan fingerprint density at radius 1 is 0.828 bits per heavy atom. The van der Waals surface area contributed by atoms with Crippen LogP contribution in [0, 0.1) is 0 Å². The fraction of sp³-hybridized carbons (Fsp3) is 0.409. The van der Waals surface area contributed by atoms with Crippen molar-refractivity contribution in [3.8, 4) is 0 Å². The zero-order valence-electron chi connectivity index (χ0n) is 16.5. The van der Waals surface area contributed by atoms with Crippen LogP contribution in [0.2, 0.25) is 0 Å². The maximum Gasteiger partial charge on any atom is 0.321 e. The highest BCUT2D eigenvalue weighted by molar-refractivity contribution is 7.92. The Morgan fingerprint density at radius 3 is 2.24 bits per heavy atom. The number of benzene rings is 2. The van der Waals surface area contributed by atoms with Gasteiger partial charge in [0.25, 0.3) is 10.0 Å². The number of likely N-dealkylation sites (tertiary alicyclic amines) is 1. The molecule has 154 valence electrons. The van der Waals surface area contributed by atoms with Crippen molar-refractivity contribution in [2.45, 2.75) is 43.4 Å². The lowest BCUT2D eigenvalue weighted by molar-refractivity contribution is 0.214. The van der Waals surface area contributed by atoms with Gasteiger partial charge in [-0.3, -0.25) is 4.31 Å². The number of sulfonamides is 1. The van der Waals surface area contributed by atoms with Crippen LogP contribution in [0.25, 0.3) is 0 Å². The molecule has 0 spiro atoms. The number of nitrogens with zero attached hydrogens (tertiary/aromatic N) is 2. The number of carbonyl (C=O) groups excluding carboxylic acids is 1. The van der Waals surface area contributed by atoms with Crippen LogP contribution in [0.1, 0.15) is 37.7 Å². The van der Waals surface area contributed by atoms with Crippen LogP contribution in [0.4, 0.5) is 16.2 Å². The second kappa shape index (κ2) is 8.45. The minimum Gasteiger partial charge on any atom is -0.325 e. The minimum atomic E-state index is -3.64. The van der Waals surface area contributed by atoms with Crippen LogP contribution in [0.5, 0.6) is 0 Å². The number of anilines is 2. The molecule has 0 radical (unpaired) electrons. The lowest BCUT2D eigenvalue weighted by atomic mass is 10.0. The van der Waals surface area contributed by atoms with Gasteiger partial charge in [-0.25, -0.2) is 13.2 Å². The molecule has 2 aromatic rings. The normalized spacial score (nSPS) is 17.4. The number of fused-ring (bicyclic) bond motifs is 1. The van der Waals surface area contributed by atoms with Gasteiger partial charge in [-0.15, -0.1) is 0 Å². The van der Waals surface area contributed by atoms with Gasteiger partial charge < -0.3 is 10.2 Å². The number of urea groups is 1. The van der Waals surface area contributed by atoms with Crippen LogP contribution in [0.3, 0.4) is 0 Å². The van der Waals surface area contributed by atoms with Crippen LogP contribution < -0.4 is 9.62 Å². The zero-order valence-corrected chi connectivity index (χ0v) is 17.3. The highest BCUT2D eigenvalue weighted by Crippen LogP contribution is 2.32. The monoisotopic (exact) mass is 413 g/mol. The van der Waals surface area contributed by atoms with Gasteiger partial charge in [0.1, 0.15) is 0 Å². The predicted molar refractivity (Wildman–Crippen MR) is 115 cm³/mol. The molecule has 1 fully saturated rings. The van der Waals surface area contributed by atoms with Crippen molar-refractivity contribution in [3.05, 3.63) is 54.1 Å². The zero-order chi connectivity index (χ0) is 20.3. The molecule has 2 aliphatic heterocycles. The third-order valence-electron chi connectivity index (χ3n) is 5.65. The first-order valence-electron chi connectivity index (χ1n) is 10.3. The van der Waals surface area contributed by atoms with Crippen LogP contribution in [0.15, 0.2) is 53.4 Å². The maximum atomic E-state index is 13.2. The maximum absolute atomic E-state index is 13.2. The largest absolute Gasteiger partial charge is 0.325 e. The number of hydrogen-bond donors (Lipinski definition) is 1. The molecule has 1 saturated heterocycles. The molecule has 4 rings (SSSR count). The van der Waals surface area contributed by atoms with Gasteiger partial charge in [-0.05, 0) is 61.6 Å².